The first-order valence-electron chi connectivity index (χ1n) is 47.5. The molecule has 8 nitrogen and oxygen atoms in total. The zero-order chi connectivity index (χ0) is 97.0. The fourth-order valence-corrected chi connectivity index (χ4v) is 22.8. The summed E-state index contributed by atoms with van der Waals surface area (Å²) >= 11 is 12.7. The van der Waals surface area contributed by atoms with Crippen molar-refractivity contribution < 1.29 is 37.4 Å². The van der Waals surface area contributed by atoms with Crippen LogP contribution in [0.25, 0.3) is 251 Å². The Kier molecular flexibility index (Phi) is 24.8. The Balaban J connectivity index is 0.0000000993. The third kappa shape index (κ3) is 17.4. The summed E-state index contributed by atoms with van der Waals surface area (Å²) in [6, 6.07) is 165. The van der Waals surface area contributed by atoms with E-state index in [2.05, 4.69) is 428 Å². The van der Waals surface area contributed by atoms with E-state index in [1.54, 1.807) is 18.2 Å². The minimum absolute atomic E-state index is 0.466. The quantitative estimate of drug-likeness (QED) is 0.0781. The highest BCUT2D eigenvalue weighted by atomic mass is 127. The molecule has 25 aromatic carbocycles. The van der Waals surface area contributed by atoms with Gasteiger partial charge < -0.3 is 37.4 Å². The molecule has 0 saturated carbocycles. The lowest BCUT2D eigenvalue weighted by Crippen LogP contribution is -2.29. The Labute approximate surface area is 867 Å². The van der Waals surface area contributed by atoms with Crippen LogP contribution in [0, 0.1) is 3.57 Å². The van der Waals surface area contributed by atoms with Crippen molar-refractivity contribution in [2.24, 2.45) is 0 Å². The van der Waals surface area contributed by atoms with Crippen LogP contribution >= 0.6 is 70.4 Å². The third-order valence-corrected chi connectivity index (χ3v) is 29.4. The van der Waals surface area contributed by atoms with Crippen molar-refractivity contribution in [3.8, 4) is 61.4 Å². The fraction of sp³-hybridized carbons (Fsp3) is 0. The topological polar surface area (TPSA) is 122 Å². The molecule has 4 heterocycles. The number of halogens is 4. The predicted octanol–water partition coefficient (Wildman–Crippen LogP) is 37.1. The van der Waals surface area contributed by atoms with Crippen molar-refractivity contribution in [1.29, 1.82) is 0 Å². The summed E-state index contributed by atoms with van der Waals surface area (Å²) in [4.78, 5) is 0. The van der Waals surface area contributed by atoms with Gasteiger partial charge in [0.25, 0.3) is 0 Å². The van der Waals surface area contributed by atoms with Crippen LogP contribution in [0.2, 0.25) is 0 Å². The molecular formula is C130H81B2Br3IO8. The number of furan rings is 4. The molecule has 0 aliphatic rings. The first kappa shape index (κ1) is 90.8. The molecule has 1 radical (unpaired) electrons. The minimum atomic E-state index is -1.47. The molecule has 0 bridgehead atoms. The number of fused-ring (bicyclic) bond motifs is 26. The van der Waals surface area contributed by atoms with Gasteiger partial charge in [-0.15, -0.1) is 0 Å². The van der Waals surface area contributed by atoms with Crippen LogP contribution < -0.4 is 10.1 Å². The smallest absolute Gasteiger partial charge is 0.537 e. The lowest BCUT2D eigenvalue weighted by molar-refractivity contribution is 0.426. The molecule has 144 heavy (non-hydrogen) atoms. The van der Waals surface area contributed by atoms with E-state index in [-0.39, 0.29) is 0 Å². The Hall–Kier alpha value is -15.7. The monoisotopic (exact) mass is 2160 g/mol. The summed E-state index contributed by atoms with van der Waals surface area (Å²) in [5, 5.41) is 60.7. The Morgan fingerprint density at radius 1 is 0.208 bits per heavy atom. The summed E-state index contributed by atoms with van der Waals surface area (Å²) in [6.45, 7) is 0. The Bertz CT molecular complexity index is 9980. The van der Waals surface area contributed by atoms with Crippen LogP contribution in [-0.4, -0.2) is 29.9 Å². The molecule has 14 heteroatoms. The number of hydrogen-bond donors (Lipinski definition) is 3. The van der Waals surface area contributed by atoms with Gasteiger partial charge >= 0.3 is 14.8 Å². The van der Waals surface area contributed by atoms with Gasteiger partial charge in [-0.2, -0.15) is 0 Å². The van der Waals surface area contributed by atoms with Gasteiger partial charge in [0, 0.05) is 70.9 Å². The van der Waals surface area contributed by atoms with Crippen LogP contribution in [0.5, 0.6) is 5.75 Å². The first-order valence-corrected chi connectivity index (χ1v) is 50.9. The lowest BCUT2D eigenvalue weighted by Gasteiger charge is -2.18. The van der Waals surface area contributed by atoms with Gasteiger partial charge in [-0.1, -0.05) is 400 Å². The average molecular weight is 2160 g/mol. The van der Waals surface area contributed by atoms with Gasteiger partial charge in [-0.3, -0.25) is 0 Å². The third-order valence-electron chi connectivity index (χ3n) is 27.2. The molecule has 0 aliphatic carbocycles. The lowest BCUT2D eigenvalue weighted by atomic mass is 9.80. The maximum atomic E-state index is 9.33. The van der Waals surface area contributed by atoms with Crippen molar-refractivity contribution in [3.63, 3.8) is 0 Å². The predicted molar refractivity (Wildman–Crippen MR) is 624 cm³/mol. The summed E-state index contributed by atoms with van der Waals surface area (Å²) in [5.41, 5.74) is 19.7. The molecule has 0 aliphatic heterocycles. The second-order valence-corrected chi connectivity index (χ2v) is 39.7. The number of rotatable bonds is 8. The van der Waals surface area contributed by atoms with E-state index >= 15 is 0 Å². The number of benzene rings is 25. The summed E-state index contributed by atoms with van der Waals surface area (Å²) in [5.74, 6) is 0.674. The standard InChI is InChI=1S/C46H28O.C24H16BO2.C22H13BrO.C16H11BO3.C16H9BrO.C6H4BrI/c1-2-12-31-26-35(21-20-29(31)10-1)45-39-18-7-5-16-37(39)44(38-17-6-8-19-40(38)45)34-14-9-13-32(27-34)33-23-24-42-41(28-33)46-36-15-4-3-11-30(36)22-25-43(46)47-42;26-25-27-24-21-11-5-3-9-19(21)23(20-10-4-6-12-22(20)24)18-14-13-16-7-1-2-8-17(16)15-18;23-17-6-3-5-15(12-17)16-9-10-20-19(13-16)22-18-7-2-1-4-14(18)8-11-21(22)24-20;18-17(19)11-6-8-14-13(9-11)16-12-4-2-1-3-10(12)5-7-15(16)20-14;17-11-6-8-14-13(9-11)16-12-4-2-1-3-10(12)5-7-15(16)18-14;7-5-2-1-3-6(8)4-5/h1-28H;1-15,26H;1-13H;1-9,18-19H;1-9H;1-4H. The molecule has 0 saturated heterocycles. The highest BCUT2D eigenvalue weighted by Gasteiger charge is 2.24. The van der Waals surface area contributed by atoms with Crippen molar-refractivity contribution in [2.75, 3.05) is 0 Å². The van der Waals surface area contributed by atoms with Crippen LogP contribution in [-0.2, 0) is 0 Å². The summed E-state index contributed by atoms with van der Waals surface area (Å²) < 4.78 is 34.2. The molecule has 3 N–H and O–H groups in total. The zero-order valence-electron chi connectivity index (χ0n) is 77.1. The minimum Gasteiger partial charge on any atom is -0.537 e. The second kappa shape index (κ2) is 39.3. The summed E-state index contributed by atoms with van der Waals surface area (Å²) in [7, 11) is -0.719. The Morgan fingerprint density at radius 2 is 0.486 bits per heavy atom. The molecule has 0 spiro atoms. The molecule has 0 amide bonds. The van der Waals surface area contributed by atoms with E-state index in [1.807, 2.05) is 97.1 Å². The molecule has 4 aromatic heterocycles. The Morgan fingerprint density at radius 3 is 0.868 bits per heavy atom. The maximum Gasteiger partial charge on any atom is 0.569 e. The molecule has 29 rings (SSSR count). The maximum absolute atomic E-state index is 9.33. The van der Waals surface area contributed by atoms with Gasteiger partial charge in [0.05, 0.1) is 0 Å². The highest BCUT2D eigenvalue weighted by molar-refractivity contribution is 14.1. The fourth-order valence-electron chi connectivity index (χ4n) is 20.7. The van der Waals surface area contributed by atoms with E-state index in [1.165, 1.54) is 156 Å². The average Bonchev–Trinajstić information content (AvgIpc) is 1.19. The largest absolute Gasteiger partial charge is 0.569 e. The normalized spacial score (nSPS) is 11.4. The molecule has 683 valence electrons. The van der Waals surface area contributed by atoms with Gasteiger partial charge in [-0.25, -0.2) is 0 Å². The van der Waals surface area contributed by atoms with E-state index in [9.17, 15) is 15.1 Å². The highest BCUT2D eigenvalue weighted by Crippen LogP contribution is 2.49. The van der Waals surface area contributed by atoms with Gasteiger partial charge in [0.1, 0.15) is 50.4 Å². The van der Waals surface area contributed by atoms with Crippen molar-refractivity contribution in [1.82, 2.24) is 0 Å². The van der Waals surface area contributed by atoms with Crippen molar-refractivity contribution >= 4 is 286 Å². The second-order valence-electron chi connectivity index (χ2n) is 35.8. The van der Waals surface area contributed by atoms with Crippen LogP contribution in [0.1, 0.15) is 0 Å². The van der Waals surface area contributed by atoms with Gasteiger partial charge in [0.2, 0.25) is 0 Å². The van der Waals surface area contributed by atoms with E-state index < -0.39 is 7.12 Å². The van der Waals surface area contributed by atoms with Crippen LogP contribution in [0.4, 0.5) is 0 Å². The van der Waals surface area contributed by atoms with Crippen molar-refractivity contribution in [3.05, 3.63) is 490 Å². The van der Waals surface area contributed by atoms with E-state index in [4.69, 9.17) is 22.3 Å². The van der Waals surface area contributed by atoms with E-state index in [0.29, 0.717) is 11.2 Å². The number of hydrogen-bond acceptors (Lipinski definition) is 8. The van der Waals surface area contributed by atoms with E-state index in [0.717, 1.165) is 120 Å². The van der Waals surface area contributed by atoms with Crippen molar-refractivity contribution in [2.45, 2.75) is 0 Å². The molecule has 0 atom stereocenters. The molecule has 29 aromatic rings. The first-order chi connectivity index (χ1) is 70.8. The summed E-state index contributed by atoms with van der Waals surface area (Å²) in [6.07, 6.45) is 0. The zero-order valence-corrected chi connectivity index (χ0v) is 84.0. The van der Waals surface area contributed by atoms with Crippen LogP contribution in [0.3, 0.4) is 0 Å². The molecule has 0 unspecified atom stereocenters. The van der Waals surface area contributed by atoms with Crippen LogP contribution in [0.15, 0.2) is 504 Å². The SMILES string of the molecule is Brc1ccc2oc3ccc4ccccc4c3c2c1.Brc1cccc(-c2ccc3oc4ccc5ccccc5c4c3c2)c1.Brc1cccc(I)c1.OB(O)c1ccc2oc3ccc4ccccc4c3c2c1.O[B]Oc1c2ccccc2c(-c2ccc3ccccc3c2)c2ccccc12.c1cc(-c2ccc3oc4ccc5ccccc5c4c3c2)cc(-c2c3ccccc3c(-c3ccc4ccccc4c3)c3ccccc23)c1. The molecule has 0 fully saturated rings. The molecular weight excluding hydrogens is 2080 g/mol. The van der Waals surface area contributed by atoms with Gasteiger partial charge in [0.15, 0.2) is 0 Å². The van der Waals surface area contributed by atoms with Gasteiger partial charge in [-0.05, 0) is 302 Å².